The van der Waals surface area contributed by atoms with Gasteiger partial charge in [-0.25, -0.2) is 0 Å². The molecule has 1 N–H and O–H groups in total. The normalized spacial score (nSPS) is 11.1. The summed E-state index contributed by atoms with van der Waals surface area (Å²) in [4.78, 5) is 12.2. The van der Waals surface area contributed by atoms with Crippen molar-refractivity contribution in [3.63, 3.8) is 0 Å². The van der Waals surface area contributed by atoms with Crippen LogP contribution in [0.4, 0.5) is 0 Å². The molecule has 0 aliphatic carbocycles. The van der Waals surface area contributed by atoms with E-state index in [1.807, 2.05) is 19.1 Å². The number of aliphatic hydroxyl groups excluding tert-OH is 1. The lowest BCUT2D eigenvalue weighted by Crippen LogP contribution is -1.94. The number of carbonyl (C=O) groups excluding carboxylic acids is 1. The highest BCUT2D eigenvalue weighted by molar-refractivity contribution is 7.20. The third kappa shape index (κ3) is 2.29. The zero-order valence-corrected chi connectivity index (χ0v) is 10.3. The Labute approximate surface area is 104 Å². The highest BCUT2D eigenvalue weighted by Gasteiger charge is 2.06. The Balaban J connectivity index is 2.40. The summed E-state index contributed by atoms with van der Waals surface area (Å²) in [5.41, 5.74) is 1.15. The molecule has 2 rings (SSSR count). The van der Waals surface area contributed by atoms with Crippen LogP contribution in [0, 0.1) is 6.92 Å². The Morgan fingerprint density at radius 3 is 2.76 bits per heavy atom. The van der Waals surface area contributed by atoms with Gasteiger partial charge in [-0.1, -0.05) is 24.8 Å². The van der Waals surface area contributed by atoms with Gasteiger partial charge in [0.2, 0.25) is 5.78 Å². The quantitative estimate of drug-likeness (QED) is 0.657. The number of ketones is 1. The molecule has 0 amide bonds. The number of benzene rings is 1. The summed E-state index contributed by atoms with van der Waals surface area (Å²) in [6.07, 6.45) is 3.07. The van der Waals surface area contributed by atoms with Crippen molar-refractivity contribution in [2.75, 3.05) is 0 Å². The minimum atomic E-state index is -0.457. The standard InChI is InChI=1S/C14H12O2S/c1-9-11-5-3-4-6-14(11)17-13(9)8-7-12(16)10(2)15/h3-8,15H,2H2,1H3/b8-7-. The van der Waals surface area contributed by atoms with Crippen LogP contribution in [0.2, 0.25) is 0 Å². The number of rotatable bonds is 3. The van der Waals surface area contributed by atoms with Crippen molar-refractivity contribution >= 4 is 33.3 Å². The monoisotopic (exact) mass is 244 g/mol. The Bertz CT molecular complexity index is 620. The molecule has 2 aromatic rings. The molecule has 2 nitrogen and oxygen atoms in total. The number of fused-ring (bicyclic) bond motifs is 1. The van der Waals surface area contributed by atoms with E-state index in [9.17, 15) is 4.79 Å². The molecular formula is C14H12O2S. The highest BCUT2D eigenvalue weighted by atomic mass is 32.1. The molecular weight excluding hydrogens is 232 g/mol. The summed E-state index contributed by atoms with van der Waals surface area (Å²) in [7, 11) is 0. The van der Waals surface area contributed by atoms with E-state index in [0.29, 0.717) is 0 Å². The minimum Gasteiger partial charge on any atom is -0.505 e. The van der Waals surface area contributed by atoms with E-state index in [1.165, 1.54) is 16.2 Å². The van der Waals surface area contributed by atoms with E-state index in [2.05, 4.69) is 18.7 Å². The molecule has 0 fully saturated rings. The average Bonchev–Trinajstić information content (AvgIpc) is 2.64. The lowest BCUT2D eigenvalue weighted by atomic mass is 10.1. The van der Waals surface area contributed by atoms with E-state index >= 15 is 0 Å². The van der Waals surface area contributed by atoms with E-state index in [-0.39, 0.29) is 0 Å². The van der Waals surface area contributed by atoms with E-state index < -0.39 is 11.5 Å². The fourth-order valence-corrected chi connectivity index (χ4v) is 2.71. The largest absolute Gasteiger partial charge is 0.505 e. The number of allylic oxidation sites excluding steroid dienone is 1. The molecule has 0 spiro atoms. The van der Waals surface area contributed by atoms with Crippen molar-refractivity contribution in [1.82, 2.24) is 0 Å². The van der Waals surface area contributed by atoms with Gasteiger partial charge in [-0.05, 0) is 36.1 Å². The Morgan fingerprint density at radius 1 is 1.41 bits per heavy atom. The van der Waals surface area contributed by atoms with Gasteiger partial charge >= 0.3 is 0 Å². The first kappa shape index (κ1) is 11.6. The first-order valence-corrected chi connectivity index (χ1v) is 5.99. The maximum atomic E-state index is 11.2. The third-order valence-electron chi connectivity index (χ3n) is 2.55. The second-order valence-electron chi connectivity index (χ2n) is 3.73. The number of aryl methyl sites for hydroxylation is 1. The molecule has 0 unspecified atom stereocenters. The second-order valence-corrected chi connectivity index (χ2v) is 4.82. The van der Waals surface area contributed by atoms with Crippen LogP contribution < -0.4 is 0 Å². The van der Waals surface area contributed by atoms with E-state index in [0.717, 1.165) is 10.4 Å². The molecule has 0 radical (unpaired) electrons. The first-order valence-electron chi connectivity index (χ1n) is 5.18. The third-order valence-corrected chi connectivity index (χ3v) is 3.79. The molecule has 0 aliphatic rings. The maximum Gasteiger partial charge on any atom is 0.219 e. The van der Waals surface area contributed by atoms with Gasteiger partial charge in [0.1, 0.15) is 0 Å². The molecule has 3 heteroatoms. The van der Waals surface area contributed by atoms with Crippen LogP contribution in [-0.2, 0) is 4.79 Å². The zero-order valence-electron chi connectivity index (χ0n) is 9.43. The molecule has 0 saturated carbocycles. The summed E-state index contributed by atoms with van der Waals surface area (Å²) >= 11 is 1.63. The van der Waals surface area contributed by atoms with Gasteiger partial charge in [0.15, 0.2) is 5.76 Å². The van der Waals surface area contributed by atoms with Crippen molar-refractivity contribution in [2.24, 2.45) is 0 Å². The van der Waals surface area contributed by atoms with Crippen LogP contribution in [-0.4, -0.2) is 10.9 Å². The summed E-state index contributed by atoms with van der Waals surface area (Å²) in [5, 5.41) is 10.1. The maximum absolute atomic E-state index is 11.2. The second kappa shape index (κ2) is 4.55. The zero-order chi connectivity index (χ0) is 12.4. The lowest BCUT2D eigenvalue weighted by Gasteiger charge is -1.91. The Kier molecular flexibility index (Phi) is 3.11. The molecule has 1 aromatic carbocycles. The molecule has 0 aliphatic heterocycles. The van der Waals surface area contributed by atoms with Crippen LogP contribution in [0.3, 0.4) is 0 Å². The fourth-order valence-electron chi connectivity index (χ4n) is 1.60. The summed E-state index contributed by atoms with van der Waals surface area (Å²) < 4.78 is 1.19. The predicted octanol–water partition coefficient (Wildman–Crippen LogP) is 3.86. The highest BCUT2D eigenvalue weighted by Crippen LogP contribution is 2.31. The van der Waals surface area contributed by atoms with Crippen LogP contribution in [0.1, 0.15) is 10.4 Å². The van der Waals surface area contributed by atoms with Crippen LogP contribution in [0.5, 0.6) is 0 Å². The lowest BCUT2D eigenvalue weighted by molar-refractivity contribution is -0.113. The molecule has 86 valence electrons. The summed E-state index contributed by atoms with van der Waals surface area (Å²) in [6.45, 7) is 5.22. The van der Waals surface area contributed by atoms with Crippen molar-refractivity contribution < 1.29 is 9.90 Å². The van der Waals surface area contributed by atoms with Gasteiger partial charge in [-0.15, -0.1) is 11.3 Å². The minimum absolute atomic E-state index is 0.431. The van der Waals surface area contributed by atoms with Gasteiger partial charge in [-0.3, -0.25) is 4.79 Å². The van der Waals surface area contributed by atoms with E-state index in [4.69, 9.17) is 5.11 Å². The molecule has 0 saturated heterocycles. The summed E-state index contributed by atoms with van der Waals surface area (Å²) in [5.74, 6) is -0.887. The van der Waals surface area contributed by atoms with Crippen LogP contribution in [0.25, 0.3) is 16.2 Å². The first-order chi connectivity index (χ1) is 8.09. The number of hydrogen-bond donors (Lipinski definition) is 1. The van der Waals surface area contributed by atoms with Gasteiger partial charge < -0.3 is 5.11 Å². The number of thiophene rings is 1. The van der Waals surface area contributed by atoms with Crippen molar-refractivity contribution in [3.05, 3.63) is 53.1 Å². The van der Waals surface area contributed by atoms with Gasteiger partial charge in [-0.2, -0.15) is 0 Å². The Hall–Kier alpha value is -1.87. The topological polar surface area (TPSA) is 37.3 Å². The van der Waals surface area contributed by atoms with Crippen molar-refractivity contribution in [1.29, 1.82) is 0 Å². The molecule has 0 atom stereocenters. The molecule has 0 bridgehead atoms. The SMILES string of the molecule is C=C(O)C(=O)/C=C\c1sc2ccccc2c1C. The van der Waals surface area contributed by atoms with Crippen LogP contribution in [0.15, 0.2) is 42.7 Å². The number of carbonyl (C=O) groups is 1. The predicted molar refractivity (Wildman–Crippen MR) is 72.4 cm³/mol. The van der Waals surface area contributed by atoms with E-state index in [1.54, 1.807) is 17.4 Å². The fraction of sp³-hybridized carbons (Fsp3) is 0.0714. The molecule has 17 heavy (non-hydrogen) atoms. The number of aliphatic hydroxyl groups is 1. The van der Waals surface area contributed by atoms with Crippen molar-refractivity contribution in [3.8, 4) is 0 Å². The number of hydrogen-bond acceptors (Lipinski definition) is 3. The summed E-state index contributed by atoms with van der Waals surface area (Å²) in [6, 6.07) is 8.10. The van der Waals surface area contributed by atoms with Crippen molar-refractivity contribution in [2.45, 2.75) is 6.92 Å². The molecule has 1 aromatic heterocycles. The smallest absolute Gasteiger partial charge is 0.219 e. The average molecular weight is 244 g/mol. The molecule has 1 heterocycles. The van der Waals surface area contributed by atoms with Gasteiger partial charge in [0.05, 0.1) is 0 Å². The van der Waals surface area contributed by atoms with Gasteiger partial charge in [0.25, 0.3) is 0 Å². The Morgan fingerprint density at radius 2 is 2.12 bits per heavy atom. The van der Waals surface area contributed by atoms with Gasteiger partial charge in [0, 0.05) is 9.58 Å². The van der Waals surface area contributed by atoms with Crippen LogP contribution >= 0.6 is 11.3 Å².